The zero-order chi connectivity index (χ0) is 12.8. The van der Waals surface area contributed by atoms with Gasteiger partial charge in [0.15, 0.2) is 0 Å². The van der Waals surface area contributed by atoms with Crippen LogP contribution in [0.25, 0.3) is 0 Å². The molecule has 2 N–H and O–H groups in total. The van der Waals surface area contributed by atoms with E-state index in [-0.39, 0.29) is 0 Å². The summed E-state index contributed by atoms with van der Waals surface area (Å²) in [6, 6.07) is 3.22. The van der Waals surface area contributed by atoms with Crippen molar-refractivity contribution in [3.05, 3.63) is 24.0 Å². The Morgan fingerprint density at radius 3 is 3.17 bits per heavy atom. The molecule has 100 valence electrons. The second-order valence-corrected chi connectivity index (χ2v) is 5.47. The topological polar surface area (TPSA) is 37.0 Å². The molecule has 0 saturated carbocycles. The van der Waals surface area contributed by atoms with E-state index in [0.29, 0.717) is 12.1 Å². The maximum atomic E-state index is 4.18. The maximum Gasteiger partial charge on any atom is 0.0558 e. The summed E-state index contributed by atoms with van der Waals surface area (Å²) in [5.41, 5.74) is 2.43. The molecule has 0 amide bonds. The number of aromatic nitrogens is 1. The van der Waals surface area contributed by atoms with Gasteiger partial charge in [-0.05, 0) is 51.3 Å². The Morgan fingerprint density at radius 1 is 1.44 bits per heavy atom. The third-order valence-electron chi connectivity index (χ3n) is 3.74. The fraction of sp³-hybridized carbons (Fsp3) is 0.667. The van der Waals surface area contributed by atoms with Crippen LogP contribution >= 0.6 is 0 Å². The van der Waals surface area contributed by atoms with Crippen molar-refractivity contribution >= 4 is 5.69 Å². The number of nitrogens with zero attached hydrogens (tertiary/aromatic N) is 1. The molecule has 18 heavy (non-hydrogen) atoms. The van der Waals surface area contributed by atoms with Crippen LogP contribution in [0.4, 0.5) is 5.69 Å². The van der Waals surface area contributed by atoms with E-state index in [2.05, 4.69) is 35.5 Å². The summed E-state index contributed by atoms with van der Waals surface area (Å²) in [7, 11) is 0. The lowest BCUT2D eigenvalue weighted by Crippen LogP contribution is -2.33. The average Bonchev–Trinajstić information content (AvgIpc) is 2.61. The van der Waals surface area contributed by atoms with Gasteiger partial charge in [-0.15, -0.1) is 0 Å². The van der Waals surface area contributed by atoms with Crippen LogP contribution < -0.4 is 10.6 Å². The Hall–Kier alpha value is -1.09. The molecule has 1 saturated heterocycles. The van der Waals surface area contributed by atoms with Gasteiger partial charge < -0.3 is 10.6 Å². The van der Waals surface area contributed by atoms with Crippen LogP contribution in [0.15, 0.2) is 18.5 Å². The Bertz CT molecular complexity index is 357. The van der Waals surface area contributed by atoms with Crippen molar-refractivity contribution in [2.24, 2.45) is 0 Å². The number of anilines is 1. The first-order valence-electron chi connectivity index (χ1n) is 7.16. The van der Waals surface area contributed by atoms with Gasteiger partial charge >= 0.3 is 0 Å². The van der Waals surface area contributed by atoms with Crippen molar-refractivity contribution in [1.82, 2.24) is 10.3 Å². The summed E-state index contributed by atoms with van der Waals surface area (Å²) >= 11 is 0. The largest absolute Gasteiger partial charge is 0.381 e. The van der Waals surface area contributed by atoms with Crippen LogP contribution in [-0.2, 0) is 0 Å². The SMILES string of the molecule is Cc1ccncc1NC(C)CC1CCCCCN1. The first-order chi connectivity index (χ1) is 8.75. The summed E-state index contributed by atoms with van der Waals surface area (Å²) in [5, 5.41) is 7.23. The first kappa shape index (κ1) is 13.3. The molecule has 1 aromatic rings. The fourth-order valence-electron chi connectivity index (χ4n) is 2.67. The molecule has 0 radical (unpaired) electrons. The Balaban J connectivity index is 1.84. The highest BCUT2D eigenvalue weighted by Gasteiger charge is 2.15. The number of rotatable bonds is 4. The molecule has 0 spiro atoms. The van der Waals surface area contributed by atoms with E-state index >= 15 is 0 Å². The minimum atomic E-state index is 0.489. The fourth-order valence-corrected chi connectivity index (χ4v) is 2.67. The zero-order valence-corrected chi connectivity index (χ0v) is 11.6. The minimum absolute atomic E-state index is 0.489. The summed E-state index contributed by atoms with van der Waals surface area (Å²) < 4.78 is 0. The highest BCUT2D eigenvalue weighted by molar-refractivity contribution is 5.48. The van der Waals surface area contributed by atoms with Gasteiger partial charge in [0, 0.05) is 18.3 Å². The van der Waals surface area contributed by atoms with Crippen LogP contribution in [0.5, 0.6) is 0 Å². The van der Waals surface area contributed by atoms with Crippen LogP contribution in [0, 0.1) is 6.92 Å². The van der Waals surface area contributed by atoms with Crippen LogP contribution in [0.1, 0.15) is 44.6 Å². The van der Waals surface area contributed by atoms with E-state index in [1.807, 2.05) is 12.4 Å². The molecule has 3 heteroatoms. The highest BCUT2D eigenvalue weighted by atomic mass is 15.0. The number of aryl methyl sites for hydroxylation is 1. The summed E-state index contributed by atoms with van der Waals surface area (Å²) in [4.78, 5) is 4.18. The van der Waals surface area contributed by atoms with E-state index in [9.17, 15) is 0 Å². The highest BCUT2D eigenvalue weighted by Crippen LogP contribution is 2.17. The molecule has 0 aromatic carbocycles. The Labute approximate surface area is 110 Å². The van der Waals surface area contributed by atoms with Gasteiger partial charge in [-0.25, -0.2) is 0 Å². The lowest BCUT2D eigenvalue weighted by molar-refractivity contribution is 0.456. The molecule has 2 heterocycles. The van der Waals surface area contributed by atoms with Crippen molar-refractivity contribution < 1.29 is 0 Å². The van der Waals surface area contributed by atoms with Crippen LogP contribution in [-0.4, -0.2) is 23.6 Å². The molecule has 1 aromatic heterocycles. The summed E-state index contributed by atoms with van der Waals surface area (Å²) in [6.45, 7) is 5.57. The average molecular weight is 247 g/mol. The molecule has 1 aliphatic rings. The molecular weight excluding hydrogens is 222 g/mol. The predicted molar refractivity (Wildman–Crippen MR) is 76.9 cm³/mol. The number of nitrogens with one attached hydrogen (secondary N) is 2. The lowest BCUT2D eigenvalue weighted by atomic mass is 10.0. The number of hydrogen-bond acceptors (Lipinski definition) is 3. The second-order valence-electron chi connectivity index (χ2n) is 5.47. The van der Waals surface area contributed by atoms with E-state index in [0.717, 1.165) is 0 Å². The van der Waals surface area contributed by atoms with Gasteiger partial charge in [0.05, 0.1) is 11.9 Å². The van der Waals surface area contributed by atoms with Crippen molar-refractivity contribution in [3.63, 3.8) is 0 Å². The van der Waals surface area contributed by atoms with Crippen LogP contribution in [0.2, 0.25) is 0 Å². The van der Waals surface area contributed by atoms with Crippen molar-refractivity contribution in [2.45, 2.75) is 58.0 Å². The third kappa shape index (κ3) is 3.98. The number of hydrogen-bond donors (Lipinski definition) is 2. The molecule has 2 unspecified atom stereocenters. The molecular formula is C15H25N3. The molecule has 0 aliphatic carbocycles. The van der Waals surface area contributed by atoms with E-state index < -0.39 is 0 Å². The number of pyridine rings is 1. The lowest BCUT2D eigenvalue weighted by Gasteiger charge is -2.22. The second kappa shape index (κ2) is 6.74. The maximum absolute atomic E-state index is 4.18. The Morgan fingerprint density at radius 2 is 2.33 bits per heavy atom. The predicted octanol–water partition coefficient (Wildman–Crippen LogP) is 3.11. The summed E-state index contributed by atoms with van der Waals surface area (Å²) in [6.07, 6.45) is 10.4. The van der Waals surface area contributed by atoms with Gasteiger partial charge in [-0.2, -0.15) is 0 Å². The van der Waals surface area contributed by atoms with Gasteiger partial charge in [-0.1, -0.05) is 12.8 Å². The normalized spacial score (nSPS) is 22.2. The van der Waals surface area contributed by atoms with Gasteiger partial charge in [-0.3, -0.25) is 4.98 Å². The Kier molecular flexibility index (Phi) is 5.00. The molecule has 1 aliphatic heterocycles. The summed E-state index contributed by atoms with van der Waals surface area (Å²) in [5.74, 6) is 0. The minimum Gasteiger partial charge on any atom is -0.381 e. The van der Waals surface area contributed by atoms with Crippen molar-refractivity contribution in [2.75, 3.05) is 11.9 Å². The monoisotopic (exact) mass is 247 g/mol. The molecule has 0 bridgehead atoms. The van der Waals surface area contributed by atoms with Gasteiger partial charge in [0.1, 0.15) is 0 Å². The third-order valence-corrected chi connectivity index (χ3v) is 3.74. The van der Waals surface area contributed by atoms with Crippen LogP contribution in [0.3, 0.4) is 0 Å². The zero-order valence-electron chi connectivity index (χ0n) is 11.6. The smallest absolute Gasteiger partial charge is 0.0558 e. The van der Waals surface area contributed by atoms with Crippen molar-refractivity contribution in [1.29, 1.82) is 0 Å². The standard InChI is InChI=1S/C15H25N3/c1-12-7-9-16-11-15(12)18-13(2)10-14-6-4-3-5-8-17-14/h7,9,11,13-14,17-18H,3-6,8,10H2,1-2H3. The van der Waals surface area contributed by atoms with E-state index in [1.165, 1.54) is 49.9 Å². The molecule has 1 fully saturated rings. The quantitative estimate of drug-likeness (QED) is 0.858. The van der Waals surface area contributed by atoms with Crippen molar-refractivity contribution in [3.8, 4) is 0 Å². The van der Waals surface area contributed by atoms with E-state index in [4.69, 9.17) is 0 Å². The van der Waals surface area contributed by atoms with Gasteiger partial charge in [0.25, 0.3) is 0 Å². The van der Waals surface area contributed by atoms with Gasteiger partial charge in [0.2, 0.25) is 0 Å². The molecule has 2 atom stereocenters. The molecule has 3 nitrogen and oxygen atoms in total. The molecule has 2 rings (SSSR count). The first-order valence-corrected chi connectivity index (χ1v) is 7.16. The van der Waals surface area contributed by atoms with E-state index in [1.54, 1.807) is 0 Å².